The summed E-state index contributed by atoms with van der Waals surface area (Å²) in [6, 6.07) is 13.0. The number of non-ortho nitro benzene ring substituents is 1. The Labute approximate surface area is 162 Å². The molecule has 0 radical (unpaired) electrons. The first kappa shape index (κ1) is 18.1. The quantitative estimate of drug-likeness (QED) is 0.539. The van der Waals surface area contributed by atoms with Crippen LogP contribution in [0.1, 0.15) is 27.2 Å². The number of fused-ring (bicyclic) bond motifs is 1. The first-order chi connectivity index (χ1) is 13.4. The second-order valence-electron chi connectivity index (χ2n) is 6.46. The van der Waals surface area contributed by atoms with E-state index in [1.807, 2.05) is 31.2 Å². The van der Waals surface area contributed by atoms with Crippen LogP contribution < -0.4 is 5.32 Å². The fourth-order valence-corrected chi connectivity index (χ4v) is 4.41. The number of hydrogen-bond donors (Lipinski definition) is 1. The van der Waals surface area contributed by atoms with Gasteiger partial charge in [0.15, 0.2) is 0 Å². The summed E-state index contributed by atoms with van der Waals surface area (Å²) >= 11 is 0. The number of aryl methyl sites for hydroxylation is 1. The van der Waals surface area contributed by atoms with Gasteiger partial charge in [0.25, 0.3) is 11.6 Å². The minimum absolute atomic E-state index is 0.0854. The molecule has 8 nitrogen and oxygen atoms in total. The molecule has 0 bridgehead atoms. The molecule has 9 heteroatoms. The zero-order valence-electron chi connectivity index (χ0n) is 14.9. The zero-order valence-corrected chi connectivity index (χ0v) is 15.7. The van der Waals surface area contributed by atoms with Crippen LogP contribution in [0.5, 0.6) is 0 Å². The molecule has 4 rings (SSSR count). The van der Waals surface area contributed by atoms with E-state index in [1.54, 1.807) is 4.68 Å². The molecule has 0 saturated heterocycles. The first-order valence-corrected chi connectivity index (χ1v) is 10.0. The summed E-state index contributed by atoms with van der Waals surface area (Å²) in [5.74, 6) is 0.759. The highest BCUT2D eigenvalue weighted by molar-refractivity contribution is 7.83. The van der Waals surface area contributed by atoms with Gasteiger partial charge in [-0.1, -0.05) is 18.2 Å². The Morgan fingerprint density at radius 2 is 1.89 bits per heavy atom. The van der Waals surface area contributed by atoms with E-state index in [4.69, 9.17) is 0 Å². The summed E-state index contributed by atoms with van der Waals surface area (Å²) in [7, 11) is -1.04. The maximum atomic E-state index is 12.7. The number of para-hydroxylation sites is 1. The molecule has 0 saturated carbocycles. The van der Waals surface area contributed by atoms with E-state index in [0.29, 0.717) is 23.0 Å². The fourth-order valence-electron chi connectivity index (χ4n) is 3.15. The Kier molecular flexibility index (Phi) is 4.52. The van der Waals surface area contributed by atoms with Gasteiger partial charge in [-0.25, -0.2) is 4.68 Å². The van der Waals surface area contributed by atoms with Crippen molar-refractivity contribution >= 4 is 28.2 Å². The average molecular weight is 396 g/mol. The van der Waals surface area contributed by atoms with Crippen LogP contribution in [0, 0.1) is 17.0 Å². The molecule has 1 amide bonds. The number of benzene rings is 2. The van der Waals surface area contributed by atoms with Gasteiger partial charge in [-0.3, -0.25) is 19.1 Å². The lowest BCUT2D eigenvalue weighted by Crippen LogP contribution is -2.17. The van der Waals surface area contributed by atoms with E-state index in [2.05, 4.69) is 10.4 Å². The number of nitro groups is 1. The molecule has 2 aromatic carbocycles. The molecule has 1 unspecified atom stereocenters. The van der Waals surface area contributed by atoms with Crippen molar-refractivity contribution in [3.63, 3.8) is 0 Å². The predicted molar refractivity (Wildman–Crippen MR) is 105 cm³/mol. The average Bonchev–Trinajstić information content (AvgIpc) is 3.19. The zero-order chi connectivity index (χ0) is 19.8. The molecule has 142 valence electrons. The highest BCUT2D eigenvalue weighted by Crippen LogP contribution is 2.32. The van der Waals surface area contributed by atoms with E-state index >= 15 is 0 Å². The summed E-state index contributed by atoms with van der Waals surface area (Å²) in [4.78, 5) is 23.0. The summed E-state index contributed by atoms with van der Waals surface area (Å²) in [5.41, 5.74) is 3.48. The highest BCUT2D eigenvalue weighted by Gasteiger charge is 2.29. The van der Waals surface area contributed by atoms with Gasteiger partial charge in [0.05, 0.1) is 27.8 Å². The van der Waals surface area contributed by atoms with Crippen molar-refractivity contribution < 1.29 is 13.9 Å². The Balaban J connectivity index is 1.72. The lowest BCUT2D eigenvalue weighted by Gasteiger charge is -2.13. The number of rotatable bonds is 4. The van der Waals surface area contributed by atoms with Crippen LogP contribution >= 0.6 is 0 Å². The number of nitrogens with one attached hydrogen (secondary N) is 1. The number of amides is 1. The lowest BCUT2D eigenvalue weighted by molar-refractivity contribution is -0.384. The van der Waals surface area contributed by atoms with Gasteiger partial charge < -0.3 is 5.32 Å². The topological polar surface area (TPSA) is 107 Å². The normalized spacial score (nSPS) is 15.2. The van der Waals surface area contributed by atoms with E-state index < -0.39 is 21.6 Å². The Hall–Kier alpha value is -3.33. The summed E-state index contributed by atoms with van der Waals surface area (Å²) < 4.78 is 13.6. The van der Waals surface area contributed by atoms with Crippen LogP contribution in [0.3, 0.4) is 0 Å². The SMILES string of the molecule is Cc1ccccc1-n1nc2c(c1NC(=O)c1ccc([N+](=O)[O-])cc1)CS(=O)C2. The van der Waals surface area contributed by atoms with Gasteiger partial charge in [-0.2, -0.15) is 5.10 Å². The molecule has 1 aromatic heterocycles. The first-order valence-electron chi connectivity index (χ1n) is 8.51. The van der Waals surface area contributed by atoms with Gasteiger partial charge >= 0.3 is 0 Å². The third-order valence-electron chi connectivity index (χ3n) is 4.59. The molecule has 0 spiro atoms. The predicted octanol–water partition coefficient (Wildman–Crippen LogP) is 3.10. The van der Waals surface area contributed by atoms with Crippen molar-refractivity contribution in [2.75, 3.05) is 5.32 Å². The van der Waals surface area contributed by atoms with Crippen molar-refractivity contribution in [1.29, 1.82) is 0 Å². The van der Waals surface area contributed by atoms with Crippen LogP contribution in [-0.2, 0) is 22.3 Å². The number of anilines is 1. The standard InChI is InChI=1S/C19H16N4O4S/c1-12-4-2-3-5-17(12)22-18(15-10-28(27)11-16(15)21-22)20-19(24)13-6-8-14(9-7-13)23(25)26/h2-9H,10-11H2,1H3,(H,20,24). The van der Waals surface area contributed by atoms with E-state index in [9.17, 15) is 19.1 Å². The molecule has 3 aromatic rings. The molecule has 1 aliphatic rings. The second-order valence-corrected chi connectivity index (χ2v) is 7.92. The molecule has 2 heterocycles. The summed E-state index contributed by atoms with van der Waals surface area (Å²) in [6.07, 6.45) is 0. The third-order valence-corrected chi connectivity index (χ3v) is 5.79. The molecule has 1 aliphatic heterocycles. The van der Waals surface area contributed by atoms with E-state index in [-0.39, 0.29) is 11.3 Å². The van der Waals surface area contributed by atoms with Gasteiger partial charge in [0.2, 0.25) is 0 Å². The van der Waals surface area contributed by atoms with Gasteiger partial charge in [-0.05, 0) is 30.7 Å². The maximum absolute atomic E-state index is 12.7. The number of hydrogen-bond acceptors (Lipinski definition) is 5. The van der Waals surface area contributed by atoms with Gasteiger partial charge in [0.1, 0.15) is 5.82 Å². The molecule has 0 aliphatic carbocycles. The van der Waals surface area contributed by atoms with Crippen molar-refractivity contribution in [2.24, 2.45) is 0 Å². The van der Waals surface area contributed by atoms with Crippen molar-refractivity contribution in [3.05, 3.63) is 81.0 Å². The van der Waals surface area contributed by atoms with Crippen LogP contribution in [0.4, 0.5) is 11.5 Å². The Morgan fingerprint density at radius 3 is 2.57 bits per heavy atom. The minimum atomic E-state index is -1.04. The lowest BCUT2D eigenvalue weighted by atomic mass is 10.2. The molecular weight excluding hydrogens is 380 g/mol. The summed E-state index contributed by atoms with van der Waals surface area (Å²) in [6.45, 7) is 1.95. The van der Waals surface area contributed by atoms with Crippen molar-refractivity contribution in [1.82, 2.24) is 9.78 Å². The van der Waals surface area contributed by atoms with Crippen LogP contribution in [0.2, 0.25) is 0 Å². The second kappa shape index (κ2) is 7.01. The van der Waals surface area contributed by atoms with Crippen LogP contribution in [0.15, 0.2) is 48.5 Å². The number of carbonyl (C=O) groups is 1. The van der Waals surface area contributed by atoms with Crippen molar-refractivity contribution in [3.8, 4) is 5.69 Å². The summed E-state index contributed by atoms with van der Waals surface area (Å²) in [5, 5.41) is 18.2. The monoisotopic (exact) mass is 396 g/mol. The van der Waals surface area contributed by atoms with Crippen LogP contribution in [0.25, 0.3) is 5.69 Å². The van der Waals surface area contributed by atoms with Crippen molar-refractivity contribution in [2.45, 2.75) is 18.4 Å². The number of nitro benzene ring substituents is 1. The Bertz CT molecular complexity index is 1120. The van der Waals surface area contributed by atoms with Gasteiger partial charge in [0, 0.05) is 34.1 Å². The largest absolute Gasteiger partial charge is 0.306 e. The highest BCUT2D eigenvalue weighted by atomic mass is 32.2. The molecular formula is C19H16N4O4S. The fraction of sp³-hybridized carbons (Fsp3) is 0.158. The number of carbonyl (C=O) groups excluding carboxylic acids is 1. The van der Waals surface area contributed by atoms with Gasteiger partial charge in [-0.15, -0.1) is 0 Å². The molecule has 28 heavy (non-hydrogen) atoms. The third kappa shape index (κ3) is 3.20. The van der Waals surface area contributed by atoms with E-state index in [0.717, 1.165) is 16.8 Å². The smallest absolute Gasteiger partial charge is 0.269 e. The number of nitrogens with zero attached hydrogens (tertiary/aromatic N) is 3. The van der Waals surface area contributed by atoms with Crippen LogP contribution in [-0.4, -0.2) is 24.8 Å². The number of aromatic nitrogens is 2. The Morgan fingerprint density at radius 1 is 1.18 bits per heavy atom. The molecule has 0 fully saturated rings. The molecule has 1 N–H and O–H groups in total. The van der Waals surface area contributed by atoms with E-state index in [1.165, 1.54) is 24.3 Å². The minimum Gasteiger partial charge on any atom is -0.306 e. The molecule has 1 atom stereocenters. The maximum Gasteiger partial charge on any atom is 0.269 e.